The van der Waals surface area contributed by atoms with Gasteiger partial charge >= 0.3 is 0 Å². The molecule has 0 unspecified atom stereocenters. The number of hydrogen-bond donors (Lipinski definition) is 1. The predicted molar refractivity (Wildman–Crippen MR) is 78.4 cm³/mol. The van der Waals surface area contributed by atoms with Gasteiger partial charge < -0.3 is 5.32 Å². The maximum Gasteiger partial charge on any atom is 0.157 e. The first-order chi connectivity index (χ1) is 9.35. The lowest BCUT2D eigenvalue weighted by Gasteiger charge is -2.05. The van der Waals surface area contributed by atoms with E-state index in [0.29, 0.717) is 0 Å². The van der Waals surface area contributed by atoms with Crippen molar-refractivity contribution in [3.63, 3.8) is 0 Å². The van der Waals surface area contributed by atoms with Gasteiger partial charge in [0.2, 0.25) is 0 Å². The summed E-state index contributed by atoms with van der Waals surface area (Å²) in [7, 11) is 0. The SMILES string of the molecule is C#Cc1ccsc1-c1nc2cnccn2c1NCC. The number of thiophene rings is 1. The lowest BCUT2D eigenvalue weighted by atomic mass is 10.2. The van der Waals surface area contributed by atoms with Crippen LogP contribution < -0.4 is 5.32 Å². The van der Waals surface area contributed by atoms with Gasteiger partial charge in [0.1, 0.15) is 11.5 Å². The summed E-state index contributed by atoms with van der Waals surface area (Å²) in [6, 6.07) is 1.94. The predicted octanol–water partition coefficient (Wildman–Crippen LogP) is 2.87. The fourth-order valence-electron chi connectivity index (χ4n) is 2.01. The minimum Gasteiger partial charge on any atom is -0.370 e. The average molecular weight is 268 g/mol. The number of fused-ring (bicyclic) bond motifs is 1. The Labute approximate surface area is 115 Å². The van der Waals surface area contributed by atoms with Crippen molar-refractivity contribution < 1.29 is 0 Å². The lowest BCUT2D eigenvalue weighted by Crippen LogP contribution is -2.01. The molecule has 5 heteroatoms. The Morgan fingerprint density at radius 1 is 1.53 bits per heavy atom. The Morgan fingerprint density at radius 3 is 3.21 bits per heavy atom. The van der Waals surface area contributed by atoms with E-state index >= 15 is 0 Å². The van der Waals surface area contributed by atoms with Gasteiger partial charge in [-0.1, -0.05) is 5.92 Å². The second kappa shape index (κ2) is 4.75. The standard InChI is InChI=1S/C14H12N4S/c1-3-10-5-8-19-13(10)12-14(16-4-2)18-7-6-15-9-11(18)17-12/h1,5-9,16H,4H2,2H3. The first kappa shape index (κ1) is 11.8. The lowest BCUT2D eigenvalue weighted by molar-refractivity contribution is 1.09. The molecule has 19 heavy (non-hydrogen) atoms. The summed E-state index contributed by atoms with van der Waals surface area (Å²) >= 11 is 1.60. The normalized spacial score (nSPS) is 10.5. The minimum atomic E-state index is 0.810. The van der Waals surface area contributed by atoms with E-state index in [4.69, 9.17) is 6.42 Å². The van der Waals surface area contributed by atoms with E-state index in [-0.39, 0.29) is 0 Å². The number of hydrogen-bond acceptors (Lipinski definition) is 4. The summed E-state index contributed by atoms with van der Waals surface area (Å²) < 4.78 is 1.99. The largest absolute Gasteiger partial charge is 0.370 e. The third kappa shape index (κ3) is 1.86. The highest BCUT2D eigenvalue weighted by Gasteiger charge is 2.16. The smallest absolute Gasteiger partial charge is 0.157 e. The Hall–Kier alpha value is -2.32. The number of nitrogens with zero attached hydrogens (tertiary/aromatic N) is 3. The molecule has 1 N–H and O–H groups in total. The molecule has 0 atom stereocenters. The second-order valence-corrected chi connectivity index (χ2v) is 4.87. The first-order valence-corrected chi connectivity index (χ1v) is 6.83. The molecule has 3 heterocycles. The number of rotatable bonds is 3. The number of aromatic nitrogens is 3. The molecular formula is C14H12N4S. The van der Waals surface area contributed by atoms with Crippen LogP contribution in [-0.2, 0) is 0 Å². The molecule has 3 rings (SSSR count). The molecule has 0 aromatic carbocycles. The molecular weight excluding hydrogens is 256 g/mol. The maximum absolute atomic E-state index is 5.54. The fraction of sp³-hybridized carbons (Fsp3) is 0.143. The fourth-order valence-corrected chi connectivity index (χ4v) is 2.86. The van der Waals surface area contributed by atoms with Crippen molar-refractivity contribution in [2.45, 2.75) is 6.92 Å². The Kier molecular flexibility index (Phi) is 2.94. The van der Waals surface area contributed by atoms with Crippen molar-refractivity contribution in [2.24, 2.45) is 0 Å². The van der Waals surface area contributed by atoms with Gasteiger partial charge in [0, 0.05) is 24.5 Å². The van der Waals surface area contributed by atoms with E-state index in [0.717, 1.165) is 34.1 Å². The van der Waals surface area contributed by atoms with Gasteiger partial charge in [0.05, 0.1) is 11.1 Å². The Morgan fingerprint density at radius 2 is 2.42 bits per heavy atom. The van der Waals surface area contributed by atoms with Gasteiger partial charge in [-0.2, -0.15) is 0 Å². The molecule has 94 valence electrons. The average Bonchev–Trinajstić information content (AvgIpc) is 3.03. The van der Waals surface area contributed by atoms with Crippen molar-refractivity contribution in [2.75, 3.05) is 11.9 Å². The van der Waals surface area contributed by atoms with Crippen LogP contribution in [0.3, 0.4) is 0 Å². The summed E-state index contributed by atoms with van der Waals surface area (Å²) in [5, 5.41) is 5.34. The Balaban J connectivity index is 2.29. The molecule has 0 aliphatic heterocycles. The van der Waals surface area contributed by atoms with Crippen LogP contribution in [0.15, 0.2) is 30.0 Å². The van der Waals surface area contributed by atoms with Gasteiger partial charge in [-0.3, -0.25) is 9.38 Å². The molecule has 0 saturated carbocycles. The van der Waals surface area contributed by atoms with E-state index in [2.05, 4.69) is 28.1 Å². The van der Waals surface area contributed by atoms with Gasteiger partial charge in [-0.15, -0.1) is 17.8 Å². The zero-order valence-corrected chi connectivity index (χ0v) is 11.2. The molecule has 0 spiro atoms. The molecule has 3 aromatic rings. The van der Waals surface area contributed by atoms with Crippen LogP contribution in [0.5, 0.6) is 0 Å². The molecule has 0 amide bonds. The third-order valence-corrected chi connectivity index (χ3v) is 3.73. The van der Waals surface area contributed by atoms with Crippen molar-refractivity contribution in [3.8, 4) is 22.9 Å². The number of imidazole rings is 1. The molecule has 0 saturated heterocycles. The van der Waals surface area contributed by atoms with Gasteiger partial charge in [-0.25, -0.2) is 4.98 Å². The molecule has 0 aliphatic rings. The number of terminal acetylenes is 1. The zero-order chi connectivity index (χ0) is 13.2. The van der Waals surface area contributed by atoms with E-state index < -0.39 is 0 Å². The van der Waals surface area contributed by atoms with Gasteiger partial charge in [-0.05, 0) is 18.4 Å². The molecule has 0 fully saturated rings. The van der Waals surface area contributed by atoms with Crippen molar-refractivity contribution in [3.05, 3.63) is 35.6 Å². The third-order valence-electron chi connectivity index (χ3n) is 2.81. The van der Waals surface area contributed by atoms with Gasteiger partial charge in [0.15, 0.2) is 5.65 Å². The highest BCUT2D eigenvalue weighted by atomic mass is 32.1. The molecule has 4 nitrogen and oxygen atoms in total. The summed E-state index contributed by atoms with van der Waals surface area (Å²) in [6.07, 6.45) is 10.9. The van der Waals surface area contributed by atoms with Crippen molar-refractivity contribution in [1.29, 1.82) is 0 Å². The minimum absolute atomic E-state index is 0.810. The van der Waals surface area contributed by atoms with Crippen molar-refractivity contribution in [1.82, 2.24) is 14.4 Å². The van der Waals surface area contributed by atoms with E-state index in [1.807, 2.05) is 22.0 Å². The van der Waals surface area contributed by atoms with Crippen LogP contribution in [0.25, 0.3) is 16.2 Å². The topological polar surface area (TPSA) is 42.2 Å². The zero-order valence-electron chi connectivity index (χ0n) is 10.4. The maximum atomic E-state index is 5.54. The van der Waals surface area contributed by atoms with E-state index in [9.17, 15) is 0 Å². The Bertz CT molecular complexity index is 763. The quantitative estimate of drug-likeness (QED) is 0.743. The van der Waals surface area contributed by atoms with Crippen LogP contribution >= 0.6 is 11.3 Å². The molecule has 0 aliphatic carbocycles. The van der Waals surface area contributed by atoms with Crippen LogP contribution in [0.2, 0.25) is 0 Å². The summed E-state index contributed by atoms with van der Waals surface area (Å²) in [5.41, 5.74) is 2.57. The highest BCUT2D eigenvalue weighted by molar-refractivity contribution is 7.13. The number of nitrogens with one attached hydrogen (secondary N) is 1. The number of anilines is 1. The molecule has 0 radical (unpaired) electrons. The van der Waals surface area contributed by atoms with Crippen molar-refractivity contribution >= 4 is 22.8 Å². The highest BCUT2D eigenvalue weighted by Crippen LogP contribution is 2.34. The molecule has 0 bridgehead atoms. The molecule has 3 aromatic heterocycles. The van der Waals surface area contributed by atoms with Crippen LogP contribution in [0.4, 0.5) is 5.82 Å². The van der Waals surface area contributed by atoms with E-state index in [1.54, 1.807) is 23.7 Å². The van der Waals surface area contributed by atoms with Gasteiger partial charge in [0.25, 0.3) is 0 Å². The van der Waals surface area contributed by atoms with Crippen LogP contribution in [0, 0.1) is 12.3 Å². The first-order valence-electron chi connectivity index (χ1n) is 5.95. The second-order valence-electron chi connectivity index (χ2n) is 3.95. The summed E-state index contributed by atoms with van der Waals surface area (Å²) in [6.45, 7) is 2.88. The van der Waals surface area contributed by atoms with E-state index in [1.165, 1.54) is 0 Å². The summed E-state index contributed by atoms with van der Waals surface area (Å²) in [5.74, 6) is 3.66. The van der Waals surface area contributed by atoms with Crippen LogP contribution in [0.1, 0.15) is 12.5 Å². The summed E-state index contributed by atoms with van der Waals surface area (Å²) in [4.78, 5) is 9.75. The monoisotopic (exact) mass is 268 g/mol. The van der Waals surface area contributed by atoms with Crippen LogP contribution in [-0.4, -0.2) is 20.9 Å².